The lowest BCUT2D eigenvalue weighted by atomic mass is 10.1. The van der Waals surface area contributed by atoms with Crippen molar-refractivity contribution in [2.75, 3.05) is 13.7 Å². The molecule has 0 amide bonds. The molecule has 0 aliphatic heterocycles. The third-order valence-electron chi connectivity index (χ3n) is 4.64. The number of nitrogens with zero attached hydrogens (tertiary/aromatic N) is 4. The van der Waals surface area contributed by atoms with Crippen LogP contribution in [0.25, 0.3) is 11.1 Å². The molecule has 6 nitrogen and oxygen atoms in total. The van der Waals surface area contributed by atoms with Gasteiger partial charge in [-0.25, -0.2) is 9.97 Å². The van der Waals surface area contributed by atoms with Crippen LogP contribution in [0.2, 0.25) is 0 Å². The van der Waals surface area contributed by atoms with Crippen molar-refractivity contribution in [2.45, 2.75) is 19.3 Å². The number of hydrogen-bond acceptors (Lipinski definition) is 6. The molecule has 1 aliphatic carbocycles. The Morgan fingerprint density at radius 3 is 2.78 bits per heavy atom. The first-order chi connectivity index (χ1) is 13.1. The van der Waals surface area contributed by atoms with Crippen LogP contribution < -0.4 is 9.47 Å². The molecule has 2 unspecified atom stereocenters. The predicted molar refractivity (Wildman–Crippen MR) is 97.1 cm³/mol. The molecule has 1 aliphatic rings. The third kappa shape index (κ3) is 3.86. The van der Waals surface area contributed by atoms with Gasteiger partial charge in [0.05, 0.1) is 25.5 Å². The van der Waals surface area contributed by atoms with Gasteiger partial charge in [0.1, 0.15) is 11.6 Å². The molecule has 27 heavy (non-hydrogen) atoms. The van der Waals surface area contributed by atoms with Crippen LogP contribution in [0.15, 0.2) is 42.9 Å². The summed E-state index contributed by atoms with van der Waals surface area (Å²) >= 11 is 0. The van der Waals surface area contributed by atoms with Crippen LogP contribution in [0, 0.1) is 18.8 Å². The Kier molecular flexibility index (Phi) is 4.66. The normalized spacial score (nSPS) is 18.2. The Bertz CT molecular complexity index is 949. The van der Waals surface area contributed by atoms with Gasteiger partial charge >= 0.3 is 0 Å². The van der Waals surface area contributed by atoms with Crippen molar-refractivity contribution in [1.29, 1.82) is 0 Å². The van der Waals surface area contributed by atoms with E-state index in [1.54, 1.807) is 32.5 Å². The lowest BCUT2D eigenvalue weighted by molar-refractivity contribution is 0.285. The van der Waals surface area contributed by atoms with Crippen LogP contribution in [0.5, 0.6) is 11.6 Å². The molecule has 3 heterocycles. The lowest BCUT2D eigenvalue weighted by Gasteiger charge is -2.11. The van der Waals surface area contributed by atoms with Crippen molar-refractivity contribution in [2.24, 2.45) is 5.92 Å². The van der Waals surface area contributed by atoms with E-state index in [4.69, 9.17) is 9.47 Å². The zero-order chi connectivity index (χ0) is 18.8. The quantitative estimate of drug-likeness (QED) is 0.621. The minimum Gasteiger partial charge on any atom is -0.495 e. The molecule has 7 heteroatoms. The van der Waals surface area contributed by atoms with Gasteiger partial charge in [0, 0.05) is 36.0 Å². The molecule has 2 atom stereocenters. The SMILES string of the molecule is COc1ccc(C2CC2COc2nc(C)ncc2-c2ccnc(F)c2)nc1. The fourth-order valence-corrected chi connectivity index (χ4v) is 3.04. The Morgan fingerprint density at radius 2 is 2.04 bits per heavy atom. The van der Waals surface area contributed by atoms with Gasteiger partial charge in [-0.3, -0.25) is 4.98 Å². The van der Waals surface area contributed by atoms with Crippen LogP contribution >= 0.6 is 0 Å². The Hall–Kier alpha value is -3.09. The molecule has 0 aromatic carbocycles. The zero-order valence-electron chi connectivity index (χ0n) is 15.1. The van der Waals surface area contributed by atoms with Crippen molar-refractivity contribution in [3.63, 3.8) is 0 Å². The number of rotatable bonds is 6. The smallest absolute Gasteiger partial charge is 0.224 e. The molecule has 1 fully saturated rings. The summed E-state index contributed by atoms with van der Waals surface area (Å²) in [6.07, 6.45) is 5.82. The highest BCUT2D eigenvalue weighted by molar-refractivity contribution is 5.67. The summed E-state index contributed by atoms with van der Waals surface area (Å²) < 4.78 is 24.6. The van der Waals surface area contributed by atoms with Crippen LogP contribution in [-0.2, 0) is 0 Å². The van der Waals surface area contributed by atoms with Gasteiger partial charge in [0.2, 0.25) is 11.8 Å². The number of ether oxygens (including phenoxy) is 2. The average molecular weight is 366 g/mol. The van der Waals surface area contributed by atoms with Gasteiger partial charge in [-0.05, 0) is 37.1 Å². The Morgan fingerprint density at radius 1 is 1.15 bits per heavy atom. The van der Waals surface area contributed by atoms with Gasteiger partial charge in [-0.1, -0.05) is 0 Å². The van der Waals surface area contributed by atoms with Gasteiger partial charge in [-0.2, -0.15) is 9.37 Å². The van der Waals surface area contributed by atoms with E-state index >= 15 is 0 Å². The van der Waals surface area contributed by atoms with E-state index in [0.29, 0.717) is 41.3 Å². The van der Waals surface area contributed by atoms with E-state index in [1.807, 2.05) is 12.1 Å². The van der Waals surface area contributed by atoms with Gasteiger partial charge in [0.15, 0.2) is 0 Å². The molecule has 138 valence electrons. The molecule has 0 saturated heterocycles. The van der Waals surface area contributed by atoms with E-state index in [1.165, 1.54) is 12.3 Å². The van der Waals surface area contributed by atoms with Crippen molar-refractivity contribution >= 4 is 0 Å². The number of methoxy groups -OCH3 is 1. The Labute approximate surface area is 156 Å². The lowest BCUT2D eigenvalue weighted by Crippen LogP contribution is -2.05. The van der Waals surface area contributed by atoms with Crippen molar-refractivity contribution in [3.05, 3.63) is 60.3 Å². The maximum absolute atomic E-state index is 13.5. The number of hydrogen-bond donors (Lipinski definition) is 0. The molecule has 0 N–H and O–H groups in total. The first kappa shape index (κ1) is 17.3. The number of pyridine rings is 2. The maximum atomic E-state index is 13.5. The molecule has 4 rings (SSSR count). The van der Waals surface area contributed by atoms with E-state index < -0.39 is 5.95 Å². The van der Waals surface area contributed by atoms with Crippen molar-refractivity contribution in [1.82, 2.24) is 19.9 Å². The average Bonchev–Trinajstić information content (AvgIpc) is 3.46. The predicted octanol–water partition coefficient (Wildman–Crippen LogP) is 3.57. The molecular weight excluding hydrogens is 347 g/mol. The summed E-state index contributed by atoms with van der Waals surface area (Å²) in [7, 11) is 1.63. The van der Waals surface area contributed by atoms with E-state index in [-0.39, 0.29) is 0 Å². The molecule has 0 radical (unpaired) electrons. The first-order valence-corrected chi connectivity index (χ1v) is 8.72. The fourth-order valence-electron chi connectivity index (χ4n) is 3.04. The van der Waals surface area contributed by atoms with Crippen molar-refractivity contribution < 1.29 is 13.9 Å². The summed E-state index contributed by atoms with van der Waals surface area (Å²) in [5.41, 5.74) is 2.34. The second kappa shape index (κ2) is 7.26. The molecule has 0 bridgehead atoms. The molecular formula is C20H19FN4O2. The second-order valence-corrected chi connectivity index (χ2v) is 6.54. The first-order valence-electron chi connectivity index (χ1n) is 8.72. The monoisotopic (exact) mass is 366 g/mol. The fraction of sp³-hybridized carbons (Fsp3) is 0.300. The van der Waals surface area contributed by atoms with Crippen LogP contribution in [-0.4, -0.2) is 33.7 Å². The van der Waals surface area contributed by atoms with Gasteiger partial charge < -0.3 is 9.47 Å². The summed E-state index contributed by atoms with van der Waals surface area (Å²) in [5.74, 6) is 2.02. The summed E-state index contributed by atoms with van der Waals surface area (Å²) in [4.78, 5) is 16.6. The molecule has 0 spiro atoms. The molecule has 3 aromatic rings. The number of aryl methyl sites for hydroxylation is 1. The highest BCUT2D eigenvalue weighted by atomic mass is 19.1. The number of halogens is 1. The van der Waals surface area contributed by atoms with E-state index in [9.17, 15) is 4.39 Å². The van der Waals surface area contributed by atoms with Crippen LogP contribution in [0.3, 0.4) is 0 Å². The minimum atomic E-state index is -0.549. The highest BCUT2D eigenvalue weighted by Crippen LogP contribution is 2.47. The molecule has 1 saturated carbocycles. The van der Waals surface area contributed by atoms with E-state index in [0.717, 1.165) is 17.9 Å². The topological polar surface area (TPSA) is 70.0 Å². The molecule has 3 aromatic heterocycles. The Balaban J connectivity index is 1.46. The van der Waals surface area contributed by atoms with Crippen LogP contribution in [0.1, 0.15) is 23.9 Å². The summed E-state index contributed by atoms with van der Waals surface area (Å²) in [6.45, 7) is 2.32. The largest absolute Gasteiger partial charge is 0.495 e. The highest BCUT2D eigenvalue weighted by Gasteiger charge is 2.40. The zero-order valence-corrected chi connectivity index (χ0v) is 15.1. The minimum absolute atomic E-state index is 0.376. The second-order valence-electron chi connectivity index (χ2n) is 6.54. The number of aromatic nitrogens is 4. The third-order valence-corrected chi connectivity index (χ3v) is 4.64. The van der Waals surface area contributed by atoms with Crippen LogP contribution in [0.4, 0.5) is 4.39 Å². The van der Waals surface area contributed by atoms with Crippen molar-refractivity contribution in [3.8, 4) is 22.8 Å². The van der Waals surface area contributed by atoms with Gasteiger partial charge in [0.25, 0.3) is 0 Å². The standard InChI is InChI=1S/C20H19FN4O2/c1-12-23-10-17(13-5-6-22-19(21)8-13)20(25-12)27-11-14-7-16(14)18-4-3-15(26-2)9-24-18/h3-6,8-10,14,16H,7,11H2,1-2H3. The summed E-state index contributed by atoms with van der Waals surface area (Å²) in [6, 6.07) is 6.97. The van der Waals surface area contributed by atoms with Gasteiger partial charge in [-0.15, -0.1) is 0 Å². The summed E-state index contributed by atoms with van der Waals surface area (Å²) in [5, 5.41) is 0. The van der Waals surface area contributed by atoms with E-state index in [2.05, 4.69) is 19.9 Å². The maximum Gasteiger partial charge on any atom is 0.224 e.